The van der Waals surface area contributed by atoms with Gasteiger partial charge in [0.25, 0.3) is 0 Å². The fourth-order valence-corrected chi connectivity index (χ4v) is 1.34. The molecule has 3 heteroatoms. The van der Waals surface area contributed by atoms with E-state index >= 15 is 0 Å². The molecule has 0 saturated carbocycles. The lowest BCUT2D eigenvalue weighted by atomic mass is 10.00. The van der Waals surface area contributed by atoms with Crippen molar-refractivity contribution in [2.75, 3.05) is 20.3 Å². The van der Waals surface area contributed by atoms with E-state index in [-0.39, 0.29) is 12.6 Å². The van der Waals surface area contributed by atoms with Crippen LogP contribution in [0.5, 0.6) is 0 Å². The summed E-state index contributed by atoms with van der Waals surface area (Å²) in [7, 11) is 1.71. The second-order valence-electron chi connectivity index (χ2n) is 4.51. The second-order valence-corrected chi connectivity index (χ2v) is 4.51. The highest BCUT2D eigenvalue weighted by molar-refractivity contribution is 4.78. The molecule has 0 fully saturated rings. The maximum Gasteiger partial charge on any atom is 0.0618 e. The topological polar surface area (TPSA) is 41.5 Å². The average Bonchev–Trinajstić information content (AvgIpc) is 2.11. The van der Waals surface area contributed by atoms with Crippen molar-refractivity contribution in [1.82, 2.24) is 5.32 Å². The normalized spacial score (nSPS) is 16.3. The molecular weight excluding hydrogens is 178 g/mol. The van der Waals surface area contributed by atoms with Crippen LogP contribution < -0.4 is 5.32 Å². The van der Waals surface area contributed by atoms with Crippen molar-refractivity contribution in [2.45, 2.75) is 39.8 Å². The molecule has 0 radical (unpaired) electrons. The Morgan fingerprint density at radius 1 is 1.07 bits per heavy atom. The van der Waals surface area contributed by atoms with Gasteiger partial charge in [-0.1, -0.05) is 27.7 Å². The van der Waals surface area contributed by atoms with Gasteiger partial charge in [-0.25, -0.2) is 0 Å². The van der Waals surface area contributed by atoms with E-state index in [1.54, 1.807) is 7.11 Å². The first kappa shape index (κ1) is 13.9. The molecule has 0 saturated heterocycles. The van der Waals surface area contributed by atoms with Gasteiger partial charge in [-0.2, -0.15) is 0 Å². The van der Waals surface area contributed by atoms with Crippen LogP contribution in [-0.4, -0.2) is 37.5 Å². The Kier molecular flexibility index (Phi) is 7.15. The van der Waals surface area contributed by atoms with Crippen LogP contribution >= 0.6 is 0 Å². The number of nitrogens with one attached hydrogen (secondary N) is 1. The van der Waals surface area contributed by atoms with Crippen molar-refractivity contribution in [3.63, 3.8) is 0 Å². The first-order valence-corrected chi connectivity index (χ1v) is 5.38. The zero-order chi connectivity index (χ0) is 11.1. The standard InChI is InChI=1S/C11H25NO2/c1-8(2)10(6-13)12-11(7-14-5)9(3)4/h8-13H,6-7H2,1-5H3. The summed E-state index contributed by atoms with van der Waals surface area (Å²) in [5.74, 6) is 0.959. The van der Waals surface area contributed by atoms with E-state index in [4.69, 9.17) is 4.74 Å². The molecule has 0 aromatic rings. The van der Waals surface area contributed by atoms with Crippen LogP contribution in [-0.2, 0) is 4.74 Å². The monoisotopic (exact) mass is 203 g/mol. The molecule has 0 amide bonds. The Morgan fingerprint density at radius 2 is 1.57 bits per heavy atom. The van der Waals surface area contributed by atoms with Crippen LogP contribution in [0.2, 0.25) is 0 Å². The fraction of sp³-hybridized carbons (Fsp3) is 1.00. The Labute approximate surface area is 87.8 Å². The predicted octanol–water partition coefficient (Wildman–Crippen LogP) is 1.26. The molecule has 2 N–H and O–H groups in total. The molecule has 0 aliphatic heterocycles. The molecule has 0 rings (SSSR count). The highest BCUT2D eigenvalue weighted by atomic mass is 16.5. The molecule has 0 aliphatic rings. The third-order valence-electron chi connectivity index (χ3n) is 2.58. The van der Waals surface area contributed by atoms with E-state index in [2.05, 4.69) is 33.0 Å². The van der Waals surface area contributed by atoms with Crippen molar-refractivity contribution < 1.29 is 9.84 Å². The lowest BCUT2D eigenvalue weighted by Gasteiger charge is -2.29. The summed E-state index contributed by atoms with van der Waals surface area (Å²) >= 11 is 0. The summed E-state index contributed by atoms with van der Waals surface area (Å²) in [5.41, 5.74) is 0. The number of hydrogen-bond donors (Lipinski definition) is 2. The molecule has 0 aromatic heterocycles. The number of methoxy groups -OCH3 is 1. The molecule has 0 bridgehead atoms. The van der Waals surface area contributed by atoms with E-state index in [9.17, 15) is 5.11 Å². The molecular formula is C11H25NO2. The Hall–Kier alpha value is -0.120. The molecule has 86 valence electrons. The van der Waals surface area contributed by atoms with Crippen molar-refractivity contribution in [3.8, 4) is 0 Å². The minimum absolute atomic E-state index is 0.164. The highest BCUT2D eigenvalue weighted by Gasteiger charge is 2.19. The van der Waals surface area contributed by atoms with Crippen LogP contribution in [0.4, 0.5) is 0 Å². The fourth-order valence-electron chi connectivity index (χ4n) is 1.34. The lowest BCUT2D eigenvalue weighted by molar-refractivity contribution is 0.119. The van der Waals surface area contributed by atoms with E-state index in [1.807, 2.05) is 0 Å². The lowest BCUT2D eigenvalue weighted by Crippen LogP contribution is -2.48. The van der Waals surface area contributed by atoms with Gasteiger partial charge in [-0.3, -0.25) is 0 Å². The smallest absolute Gasteiger partial charge is 0.0618 e. The van der Waals surface area contributed by atoms with E-state index in [1.165, 1.54) is 0 Å². The first-order chi connectivity index (χ1) is 6.52. The average molecular weight is 203 g/mol. The van der Waals surface area contributed by atoms with Gasteiger partial charge in [0.15, 0.2) is 0 Å². The molecule has 0 aliphatic carbocycles. The highest BCUT2D eigenvalue weighted by Crippen LogP contribution is 2.07. The Morgan fingerprint density at radius 3 is 1.86 bits per heavy atom. The SMILES string of the molecule is COCC(NC(CO)C(C)C)C(C)C. The largest absolute Gasteiger partial charge is 0.395 e. The van der Waals surface area contributed by atoms with Gasteiger partial charge in [-0.05, 0) is 11.8 Å². The molecule has 3 nitrogen and oxygen atoms in total. The van der Waals surface area contributed by atoms with Gasteiger partial charge in [0.05, 0.1) is 13.2 Å². The minimum atomic E-state index is 0.164. The predicted molar refractivity (Wildman–Crippen MR) is 59.3 cm³/mol. The molecule has 0 heterocycles. The number of rotatable bonds is 7. The Bertz CT molecular complexity index is 137. The second kappa shape index (κ2) is 7.21. The van der Waals surface area contributed by atoms with Crippen molar-refractivity contribution >= 4 is 0 Å². The van der Waals surface area contributed by atoms with Gasteiger partial charge in [0, 0.05) is 19.2 Å². The molecule has 14 heavy (non-hydrogen) atoms. The first-order valence-electron chi connectivity index (χ1n) is 5.38. The van der Waals surface area contributed by atoms with Gasteiger partial charge in [-0.15, -0.1) is 0 Å². The van der Waals surface area contributed by atoms with Crippen molar-refractivity contribution in [3.05, 3.63) is 0 Å². The zero-order valence-electron chi connectivity index (χ0n) is 10.1. The van der Waals surface area contributed by atoms with Crippen LogP contribution in [0, 0.1) is 11.8 Å². The number of hydrogen-bond acceptors (Lipinski definition) is 3. The third-order valence-corrected chi connectivity index (χ3v) is 2.58. The van der Waals surface area contributed by atoms with E-state index < -0.39 is 0 Å². The summed E-state index contributed by atoms with van der Waals surface area (Å²) in [6.45, 7) is 9.42. The minimum Gasteiger partial charge on any atom is -0.395 e. The Balaban J connectivity index is 4.11. The number of aliphatic hydroxyl groups is 1. The maximum atomic E-state index is 9.19. The summed E-state index contributed by atoms with van der Waals surface area (Å²) in [6.07, 6.45) is 0. The summed E-state index contributed by atoms with van der Waals surface area (Å²) in [6, 6.07) is 0.483. The van der Waals surface area contributed by atoms with Crippen molar-refractivity contribution in [2.24, 2.45) is 11.8 Å². The summed E-state index contributed by atoms with van der Waals surface area (Å²) in [5, 5.41) is 12.6. The third kappa shape index (κ3) is 4.94. The molecule has 2 atom stereocenters. The van der Waals surface area contributed by atoms with Crippen molar-refractivity contribution in [1.29, 1.82) is 0 Å². The zero-order valence-corrected chi connectivity index (χ0v) is 10.1. The quantitative estimate of drug-likeness (QED) is 0.654. The summed E-state index contributed by atoms with van der Waals surface area (Å²) < 4.78 is 5.15. The molecule has 2 unspecified atom stereocenters. The van der Waals surface area contributed by atoms with Gasteiger partial charge in [0.2, 0.25) is 0 Å². The van der Waals surface area contributed by atoms with Crippen LogP contribution in [0.1, 0.15) is 27.7 Å². The number of ether oxygens (including phenoxy) is 1. The van der Waals surface area contributed by atoms with Gasteiger partial charge in [0.1, 0.15) is 0 Å². The van der Waals surface area contributed by atoms with Crippen LogP contribution in [0.15, 0.2) is 0 Å². The van der Waals surface area contributed by atoms with Crippen LogP contribution in [0.25, 0.3) is 0 Å². The molecule has 0 aromatic carbocycles. The maximum absolute atomic E-state index is 9.19. The van der Waals surface area contributed by atoms with Gasteiger partial charge < -0.3 is 15.2 Å². The van der Waals surface area contributed by atoms with E-state index in [0.29, 0.717) is 24.5 Å². The van der Waals surface area contributed by atoms with Gasteiger partial charge >= 0.3 is 0 Å². The number of aliphatic hydroxyl groups excluding tert-OH is 1. The molecule has 0 spiro atoms. The van der Waals surface area contributed by atoms with E-state index in [0.717, 1.165) is 0 Å². The summed E-state index contributed by atoms with van der Waals surface area (Å²) in [4.78, 5) is 0. The van der Waals surface area contributed by atoms with Crippen LogP contribution in [0.3, 0.4) is 0 Å².